The minimum Gasteiger partial charge on any atom is -0.490 e. The van der Waals surface area contributed by atoms with Crippen LogP contribution < -0.4 is 14.8 Å². The lowest BCUT2D eigenvalue weighted by Gasteiger charge is -2.25. The fraction of sp³-hybridized carbons (Fsp3) is 0.647. The summed E-state index contributed by atoms with van der Waals surface area (Å²) in [5, 5.41) is 3.44. The van der Waals surface area contributed by atoms with Crippen LogP contribution in [0.15, 0.2) is 16.6 Å². The van der Waals surface area contributed by atoms with Gasteiger partial charge in [-0.3, -0.25) is 0 Å². The minimum absolute atomic E-state index is 0.291. The van der Waals surface area contributed by atoms with Crippen LogP contribution in [0.25, 0.3) is 0 Å². The number of ether oxygens (including phenoxy) is 2. The molecular weight excluding hydrogens is 330 g/mol. The van der Waals surface area contributed by atoms with Crippen molar-refractivity contribution in [1.82, 2.24) is 5.32 Å². The summed E-state index contributed by atoms with van der Waals surface area (Å²) in [6.07, 6.45) is 3.12. The van der Waals surface area contributed by atoms with Gasteiger partial charge < -0.3 is 14.8 Å². The Labute approximate surface area is 136 Å². The van der Waals surface area contributed by atoms with Gasteiger partial charge >= 0.3 is 0 Å². The number of fused-ring (bicyclic) bond motifs is 1. The number of hydrogen-bond donors (Lipinski definition) is 1. The van der Waals surface area contributed by atoms with Gasteiger partial charge in [-0.1, -0.05) is 36.7 Å². The molecule has 1 aliphatic rings. The van der Waals surface area contributed by atoms with E-state index in [1.165, 1.54) is 5.56 Å². The van der Waals surface area contributed by atoms with E-state index in [4.69, 9.17) is 9.47 Å². The average molecular weight is 356 g/mol. The maximum absolute atomic E-state index is 5.78. The van der Waals surface area contributed by atoms with Crippen LogP contribution in [-0.2, 0) is 6.42 Å². The summed E-state index contributed by atoms with van der Waals surface area (Å²) >= 11 is 3.67. The van der Waals surface area contributed by atoms with Crippen molar-refractivity contribution in [2.45, 2.75) is 40.0 Å². The third-order valence-corrected chi connectivity index (χ3v) is 4.58. The van der Waals surface area contributed by atoms with E-state index in [0.29, 0.717) is 5.41 Å². The molecule has 0 aromatic heterocycles. The predicted molar refractivity (Wildman–Crippen MR) is 90.4 cm³/mol. The maximum Gasteiger partial charge on any atom is 0.162 e. The highest BCUT2D eigenvalue weighted by atomic mass is 79.9. The smallest absolute Gasteiger partial charge is 0.162 e. The number of hydrogen-bond acceptors (Lipinski definition) is 3. The molecule has 0 radical (unpaired) electrons. The van der Waals surface area contributed by atoms with Crippen molar-refractivity contribution < 1.29 is 9.47 Å². The van der Waals surface area contributed by atoms with Crippen molar-refractivity contribution in [2.24, 2.45) is 5.41 Å². The van der Waals surface area contributed by atoms with Crippen LogP contribution in [0.4, 0.5) is 0 Å². The number of aryl methyl sites for hydroxylation is 1. The molecule has 1 aromatic rings. The van der Waals surface area contributed by atoms with E-state index < -0.39 is 0 Å². The summed E-state index contributed by atoms with van der Waals surface area (Å²) in [5.41, 5.74) is 1.59. The minimum atomic E-state index is 0.291. The SMILES string of the molecule is CCNCC(C)(C)CCc1cc2c(cc1Br)OCCCO2. The number of nitrogens with one attached hydrogen (secondary N) is 1. The molecule has 4 heteroatoms. The molecule has 0 amide bonds. The normalized spacial score (nSPS) is 14.9. The molecule has 2 rings (SSSR count). The molecular formula is C17H26BrNO2. The Morgan fingerprint density at radius 2 is 1.86 bits per heavy atom. The van der Waals surface area contributed by atoms with Gasteiger partial charge in [-0.2, -0.15) is 0 Å². The molecule has 0 saturated carbocycles. The monoisotopic (exact) mass is 355 g/mol. The van der Waals surface area contributed by atoms with Crippen molar-refractivity contribution in [2.75, 3.05) is 26.3 Å². The fourth-order valence-electron chi connectivity index (χ4n) is 2.44. The van der Waals surface area contributed by atoms with E-state index in [9.17, 15) is 0 Å². The van der Waals surface area contributed by atoms with Crippen LogP contribution in [0.1, 0.15) is 39.2 Å². The Morgan fingerprint density at radius 1 is 1.19 bits per heavy atom. The summed E-state index contributed by atoms with van der Waals surface area (Å²) in [6, 6.07) is 4.18. The fourth-order valence-corrected chi connectivity index (χ4v) is 2.96. The predicted octanol–water partition coefficient (Wildman–Crippen LogP) is 4.18. The average Bonchev–Trinajstić information content (AvgIpc) is 2.67. The van der Waals surface area contributed by atoms with Crippen LogP contribution in [0, 0.1) is 5.41 Å². The summed E-state index contributed by atoms with van der Waals surface area (Å²) in [5.74, 6) is 1.74. The van der Waals surface area contributed by atoms with Gasteiger partial charge in [-0.05, 0) is 42.5 Å². The maximum atomic E-state index is 5.78. The Morgan fingerprint density at radius 3 is 2.52 bits per heavy atom. The van der Waals surface area contributed by atoms with Crippen LogP contribution in [-0.4, -0.2) is 26.3 Å². The Bertz CT molecular complexity index is 474. The number of benzene rings is 1. The molecule has 0 bridgehead atoms. The Hall–Kier alpha value is -0.740. The highest BCUT2D eigenvalue weighted by molar-refractivity contribution is 9.10. The largest absolute Gasteiger partial charge is 0.490 e. The van der Waals surface area contributed by atoms with Crippen molar-refractivity contribution in [3.05, 3.63) is 22.2 Å². The van der Waals surface area contributed by atoms with Crippen LogP contribution >= 0.6 is 15.9 Å². The zero-order valence-corrected chi connectivity index (χ0v) is 14.9. The molecule has 3 nitrogen and oxygen atoms in total. The second kappa shape index (κ2) is 7.50. The molecule has 0 spiro atoms. The highest BCUT2D eigenvalue weighted by Crippen LogP contribution is 2.36. The molecule has 1 heterocycles. The first-order valence-electron chi connectivity index (χ1n) is 7.80. The van der Waals surface area contributed by atoms with E-state index in [-0.39, 0.29) is 0 Å². The van der Waals surface area contributed by atoms with Gasteiger partial charge in [0.05, 0.1) is 13.2 Å². The van der Waals surface area contributed by atoms with Crippen molar-refractivity contribution in [3.63, 3.8) is 0 Å². The Balaban J connectivity index is 2.05. The molecule has 1 aliphatic heterocycles. The summed E-state index contributed by atoms with van der Waals surface area (Å²) in [4.78, 5) is 0. The number of rotatable bonds is 6. The first kappa shape index (κ1) is 16.6. The highest BCUT2D eigenvalue weighted by Gasteiger charge is 2.19. The van der Waals surface area contributed by atoms with Gasteiger partial charge in [0, 0.05) is 17.4 Å². The first-order chi connectivity index (χ1) is 10.0. The van der Waals surface area contributed by atoms with Crippen molar-refractivity contribution in [3.8, 4) is 11.5 Å². The van der Waals surface area contributed by atoms with Gasteiger partial charge in [0.2, 0.25) is 0 Å². The topological polar surface area (TPSA) is 30.5 Å². The van der Waals surface area contributed by atoms with E-state index in [1.807, 2.05) is 6.07 Å². The second-order valence-electron chi connectivity index (χ2n) is 6.39. The lowest BCUT2D eigenvalue weighted by Crippen LogP contribution is -2.29. The van der Waals surface area contributed by atoms with Gasteiger partial charge in [-0.15, -0.1) is 0 Å². The second-order valence-corrected chi connectivity index (χ2v) is 7.24. The van der Waals surface area contributed by atoms with Gasteiger partial charge in [0.25, 0.3) is 0 Å². The van der Waals surface area contributed by atoms with E-state index in [1.54, 1.807) is 0 Å². The summed E-state index contributed by atoms with van der Waals surface area (Å²) in [6.45, 7) is 10.3. The van der Waals surface area contributed by atoms with Gasteiger partial charge in [-0.25, -0.2) is 0 Å². The molecule has 0 atom stereocenters. The van der Waals surface area contributed by atoms with E-state index >= 15 is 0 Å². The van der Waals surface area contributed by atoms with E-state index in [0.717, 1.165) is 61.5 Å². The van der Waals surface area contributed by atoms with Gasteiger partial charge in [0.1, 0.15) is 0 Å². The summed E-state index contributed by atoms with van der Waals surface area (Å²) in [7, 11) is 0. The van der Waals surface area contributed by atoms with Gasteiger partial charge in [0.15, 0.2) is 11.5 Å². The molecule has 1 N–H and O–H groups in total. The van der Waals surface area contributed by atoms with E-state index in [2.05, 4.69) is 48.1 Å². The molecule has 0 fully saturated rings. The first-order valence-corrected chi connectivity index (χ1v) is 8.60. The molecule has 0 aliphatic carbocycles. The van der Waals surface area contributed by atoms with Crippen LogP contribution in [0.5, 0.6) is 11.5 Å². The lowest BCUT2D eigenvalue weighted by atomic mass is 9.86. The Kier molecular flexibility index (Phi) is 5.94. The molecule has 0 saturated heterocycles. The molecule has 1 aromatic carbocycles. The van der Waals surface area contributed by atoms with Crippen LogP contribution in [0.2, 0.25) is 0 Å². The molecule has 21 heavy (non-hydrogen) atoms. The third kappa shape index (κ3) is 4.89. The zero-order valence-electron chi connectivity index (χ0n) is 13.3. The van der Waals surface area contributed by atoms with Crippen molar-refractivity contribution in [1.29, 1.82) is 0 Å². The lowest BCUT2D eigenvalue weighted by molar-refractivity contribution is 0.296. The molecule has 118 valence electrons. The third-order valence-electron chi connectivity index (χ3n) is 3.84. The quantitative estimate of drug-likeness (QED) is 0.830. The standard InChI is InChI=1S/C17H26BrNO2/c1-4-19-12-17(2,3)7-6-13-10-15-16(11-14(13)18)21-9-5-8-20-15/h10-11,19H,4-9,12H2,1-3H3. The number of halogens is 1. The zero-order chi connectivity index (χ0) is 15.3. The van der Waals surface area contributed by atoms with Crippen LogP contribution in [0.3, 0.4) is 0 Å². The van der Waals surface area contributed by atoms with Crippen molar-refractivity contribution >= 4 is 15.9 Å². The summed E-state index contributed by atoms with van der Waals surface area (Å²) < 4.78 is 12.6. The molecule has 0 unspecified atom stereocenters.